The van der Waals surface area contributed by atoms with Gasteiger partial charge < -0.3 is 14.4 Å². The van der Waals surface area contributed by atoms with Gasteiger partial charge in [-0.2, -0.15) is 0 Å². The van der Waals surface area contributed by atoms with Crippen molar-refractivity contribution in [2.75, 3.05) is 38.2 Å². The lowest BCUT2D eigenvalue weighted by Crippen LogP contribution is -2.46. The van der Waals surface area contributed by atoms with E-state index < -0.39 is 0 Å². The van der Waals surface area contributed by atoms with Crippen molar-refractivity contribution < 1.29 is 14.3 Å². The Morgan fingerprint density at radius 2 is 1.90 bits per heavy atom. The zero-order valence-corrected chi connectivity index (χ0v) is 18.4. The summed E-state index contributed by atoms with van der Waals surface area (Å²) in [6.45, 7) is 8.33. The molecule has 0 radical (unpaired) electrons. The van der Waals surface area contributed by atoms with Crippen molar-refractivity contribution in [3.63, 3.8) is 0 Å². The first kappa shape index (κ1) is 20.6. The van der Waals surface area contributed by atoms with Crippen LogP contribution in [0, 0.1) is 0 Å². The van der Waals surface area contributed by atoms with Gasteiger partial charge in [0.05, 0.1) is 41.2 Å². The Bertz CT molecular complexity index is 992. The molecule has 0 unspecified atom stereocenters. The molecule has 0 aliphatic carbocycles. The molecule has 0 N–H and O–H groups in total. The van der Waals surface area contributed by atoms with Crippen LogP contribution in [0.5, 0.6) is 5.75 Å². The van der Waals surface area contributed by atoms with Gasteiger partial charge in [0.15, 0.2) is 0 Å². The SMILES string of the molecule is COC(=O)c1ccc(OC(C)C)cc1N1CCN(Cc2nc3ccccc3s2)CC1. The number of piperazine rings is 1. The predicted molar refractivity (Wildman–Crippen MR) is 121 cm³/mol. The molecule has 7 heteroatoms. The molecule has 0 spiro atoms. The third kappa shape index (κ3) is 4.57. The summed E-state index contributed by atoms with van der Waals surface area (Å²) >= 11 is 1.76. The van der Waals surface area contributed by atoms with E-state index >= 15 is 0 Å². The lowest BCUT2D eigenvalue weighted by molar-refractivity contribution is 0.0601. The average Bonchev–Trinajstić information content (AvgIpc) is 3.15. The van der Waals surface area contributed by atoms with Crippen LogP contribution in [-0.2, 0) is 11.3 Å². The van der Waals surface area contributed by atoms with E-state index in [1.54, 1.807) is 17.4 Å². The van der Waals surface area contributed by atoms with E-state index in [1.807, 2.05) is 32.0 Å². The summed E-state index contributed by atoms with van der Waals surface area (Å²) in [4.78, 5) is 21.7. The van der Waals surface area contributed by atoms with Crippen molar-refractivity contribution in [3.8, 4) is 5.75 Å². The van der Waals surface area contributed by atoms with Gasteiger partial charge in [0.1, 0.15) is 10.8 Å². The number of carbonyl (C=O) groups is 1. The number of ether oxygens (including phenoxy) is 2. The molecule has 2 aromatic carbocycles. The van der Waals surface area contributed by atoms with Crippen LogP contribution in [0.4, 0.5) is 5.69 Å². The number of anilines is 1. The van der Waals surface area contributed by atoms with E-state index in [-0.39, 0.29) is 12.1 Å². The molecule has 2 heterocycles. The van der Waals surface area contributed by atoms with Crippen molar-refractivity contribution in [3.05, 3.63) is 53.0 Å². The molecule has 1 aliphatic rings. The fourth-order valence-corrected chi connectivity index (χ4v) is 4.74. The van der Waals surface area contributed by atoms with E-state index in [0.717, 1.165) is 54.7 Å². The molecule has 1 aromatic heterocycles. The summed E-state index contributed by atoms with van der Waals surface area (Å²) in [6, 6.07) is 13.9. The highest BCUT2D eigenvalue weighted by molar-refractivity contribution is 7.18. The molecule has 3 aromatic rings. The largest absolute Gasteiger partial charge is 0.491 e. The van der Waals surface area contributed by atoms with E-state index in [9.17, 15) is 4.79 Å². The van der Waals surface area contributed by atoms with Gasteiger partial charge in [0.25, 0.3) is 0 Å². The second-order valence-corrected chi connectivity index (χ2v) is 8.79. The Kier molecular flexibility index (Phi) is 6.20. The maximum absolute atomic E-state index is 12.3. The number of benzene rings is 2. The summed E-state index contributed by atoms with van der Waals surface area (Å²) < 4.78 is 12.1. The molecular formula is C23H27N3O3S. The number of methoxy groups -OCH3 is 1. The van der Waals surface area contributed by atoms with Crippen LogP contribution in [-0.4, -0.2) is 55.2 Å². The molecule has 1 aliphatic heterocycles. The predicted octanol–water partition coefficient (Wildman–Crippen LogP) is 4.19. The number of esters is 1. The van der Waals surface area contributed by atoms with Crippen LogP contribution in [0.1, 0.15) is 29.2 Å². The molecule has 0 saturated carbocycles. The smallest absolute Gasteiger partial charge is 0.339 e. The zero-order valence-electron chi connectivity index (χ0n) is 17.6. The summed E-state index contributed by atoms with van der Waals surface area (Å²) in [5, 5.41) is 1.15. The number of para-hydroxylation sites is 1. The number of fused-ring (bicyclic) bond motifs is 1. The third-order valence-corrected chi connectivity index (χ3v) is 6.18. The van der Waals surface area contributed by atoms with Crippen LogP contribution < -0.4 is 9.64 Å². The first-order valence-electron chi connectivity index (χ1n) is 10.2. The quantitative estimate of drug-likeness (QED) is 0.552. The molecular weight excluding hydrogens is 398 g/mol. The fourth-order valence-electron chi connectivity index (χ4n) is 3.73. The first-order chi connectivity index (χ1) is 14.5. The minimum atomic E-state index is -0.321. The third-order valence-electron chi connectivity index (χ3n) is 5.16. The van der Waals surface area contributed by atoms with Gasteiger partial charge in [-0.05, 0) is 38.1 Å². The number of hydrogen-bond donors (Lipinski definition) is 0. The number of aromatic nitrogens is 1. The Morgan fingerprint density at radius 3 is 2.60 bits per heavy atom. The molecule has 30 heavy (non-hydrogen) atoms. The van der Waals surface area contributed by atoms with Gasteiger partial charge >= 0.3 is 5.97 Å². The highest BCUT2D eigenvalue weighted by atomic mass is 32.1. The van der Waals surface area contributed by atoms with Crippen LogP contribution in [0.15, 0.2) is 42.5 Å². The Labute approximate surface area is 181 Å². The molecule has 0 amide bonds. The summed E-state index contributed by atoms with van der Waals surface area (Å²) in [6.07, 6.45) is 0.0764. The number of nitrogens with zero attached hydrogens (tertiary/aromatic N) is 3. The summed E-state index contributed by atoms with van der Waals surface area (Å²) in [5.74, 6) is 0.447. The average molecular weight is 426 g/mol. The molecule has 1 saturated heterocycles. The Hall–Kier alpha value is -2.64. The zero-order chi connectivity index (χ0) is 21.1. The van der Waals surface area contributed by atoms with Crippen molar-refractivity contribution in [1.82, 2.24) is 9.88 Å². The van der Waals surface area contributed by atoms with Crippen molar-refractivity contribution >= 4 is 33.2 Å². The van der Waals surface area contributed by atoms with Crippen LogP contribution in [0.3, 0.4) is 0 Å². The van der Waals surface area contributed by atoms with Gasteiger partial charge in [-0.3, -0.25) is 4.90 Å². The topological polar surface area (TPSA) is 54.9 Å². The van der Waals surface area contributed by atoms with Gasteiger partial charge in [-0.25, -0.2) is 9.78 Å². The summed E-state index contributed by atoms with van der Waals surface area (Å²) in [7, 11) is 1.42. The molecule has 0 bridgehead atoms. The van der Waals surface area contributed by atoms with Gasteiger partial charge in [-0.1, -0.05) is 12.1 Å². The second-order valence-electron chi connectivity index (χ2n) is 7.68. The number of rotatable bonds is 6. The number of carbonyl (C=O) groups excluding carboxylic acids is 1. The van der Waals surface area contributed by atoms with Gasteiger partial charge in [-0.15, -0.1) is 11.3 Å². The minimum absolute atomic E-state index is 0.0764. The van der Waals surface area contributed by atoms with Crippen LogP contribution in [0.2, 0.25) is 0 Å². The van der Waals surface area contributed by atoms with Crippen LogP contribution in [0.25, 0.3) is 10.2 Å². The summed E-state index contributed by atoms with van der Waals surface area (Å²) in [5.41, 5.74) is 2.52. The molecule has 1 fully saturated rings. The van der Waals surface area contributed by atoms with Crippen LogP contribution >= 0.6 is 11.3 Å². The number of hydrogen-bond acceptors (Lipinski definition) is 7. The van der Waals surface area contributed by atoms with Gasteiger partial charge in [0.2, 0.25) is 0 Å². The van der Waals surface area contributed by atoms with Crippen molar-refractivity contribution in [2.45, 2.75) is 26.5 Å². The van der Waals surface area contributed by atoms with Gasteiger partial charge in [0, 0.05) is 32.2 Å². The van der Waals surface area contributed by atoms with E-state index in [0.29, 0.717) is 5.56 Å². The molecule has 6 nitrogen and oxygen atoms in total. The first-order valence-corrected chi connectivity index (χ1v) is 11.1. The number of thiazole rings is 1. The maximum atomic E-state index is 12.3. The Balaban J connectivity index is 1.46. The molecule has 4 rings (SSSR count). The highest BCUT2D eigenvalue weighted by Crippen LogP contribution is 2.29. The van der Waals surface area contributed by atoms with E-state index in [1.165, 1.54) is 11.8 Å². The second kappa shape index (κ2) is 9.02. The lowest BCUT2D eigenvalue weighted by Gasteiger charge is -2.36. The highest BCUT2D eigenvalue weighted by Gasteiger charge is 2.23. The molecule has 158 valence electrons. The monoisotopic (exact) mass is 425 g/mol. The van der Waals surface area contributed by atoms with Crippen molar-refractivity contribution in [2.24, 2.45) is 0 Å². The van der Waals surface area contributed by atoms with Crippen molar-refractivity contribution in [1.29, 1.82) is 0 Å². The maximum Gasteiger partial charge on any atom is 0.339 e. The minimum Gasteiger partial charge on any atom is -0.491 e. The fraction of sp³-hybridized carbons (Fsp3) is 0.391. The van der Waals surface area contributed by atoms with E-state index in [2.05, 4.69) is 28.0 Å². The lowest BCUT2D eigenvalue weighted by atomic mass is 10.1. The normalized spacial score (nSPS) is 15.0. The van der Waals surface area contributed by atoms with E-state index in [4.69, 9.17) is 14.5 Å². The molecule has 0 atom stereocenters. The standard InChI is InChI=1S/C23H27N3O3S/c1-16(2)29-17-8-9-18(23(27)28-3)20(14-17)26-12-10-25(11-13-26)15-22-24-19-6-4-5-7-21(19)30-22/h4-9,14,16H,10-13,15H2,1-3H3. The Morgan fingerprint density at radius 1 is 1.13 bits per heavy atom.